The van der Waals surface area contributed by atoms with Crippen LogP contribution in [0, 0.1) is 0 Å². The molecule has 0 bridgehead atoms. The van der Waals surface area contributed by atoms with Gasteiger partial charge in [0.2, 0.25) is 5.91 Å². The third-order valence-electron chi connectivity index (χ3n) is 3.87. The van der Waals surface area contributed by atoms with E-state index in [-0.39, 0.29) is 24.0 Å². The fraction of sp³-hybridized carbons (Fsp3) is 0.533. The van der Waals surface area contributed by atoms with Gasteiger partial charge in [-0.05, 0) is 18.2 Å². The molecule has 0 N–H and O–H groups in total. The number of rotatable bonds is 5. The Balaban J connectivity index is 1.94. The summed E-state index contributed by atoms with van der Waals surface area (Å²) >= 11 is 3.42. The van der Waals surface area contributed by atoms with E-state index < -0.39 is 9.84 Å². The normalized spacial score (nSPS) is 17.7. The van der Waals surface area contributed by atoms with Gasteiger partial charge in [0, 0.05) is 36.7 Å². The van der Waals surface area contributed by atoms with Crippen molar-refractivity contribution in [1.82, 2.24) is 9.80 Å². The van der Waals surface area contributed by atoms with E-state index in [1.54, 1.807) is 19.1 Å². The molecule has 1 aromatic rings. The lowest BCUT2D eigenvalue weighted by molar-refractivity contribution is -0.131. The summed E-state index contributed by atoms with van der Waals surface area (Å²) in [4.78, 5) is 15.9. The van der Waals surface area contributed by atoms with Gasteiger partial charge in [-0.3, -0.25) is 9.69 Å². The summed E-state index contributed by atoms with van der Waals surface area (Å²) < 4.78 is 29.1. The van der Waals surface area contributed by atoms with E-state index in [4.69, 9.17) is 4.74 Å². The highest BCUT2D eigenvalue weighted by Crippen LogP contribution is 2.24. The molecule has 128 valence electrons. The van der Waals surface area contributed by atoms with E-state index >= 15 is 0 Å². The molecule has 0 radical (unpaired) electrons. The molecule has 0 aromatic heterocycles. The van der Waals surface area contributed by atoms with Crippen molar-refractivity contribution in [1.29, 1.82) is 0 Å². The third kappa shape index (κ3) is 5.19. The molecule has 1 fully saturated rings. The van der Waals surface area contributed by atoms with Crippen LogP contribution < -0.4 is 4.74 Å². The maximum atomic E-state index is 12.3. The second-order valence-electron chi connectivity index (χ2n) is 5.63. The number of carbonyl (C=O) groups excluding carboxylic acids is 1. The number of carbonyl (C=O) groups is 1. The van der Waals surface area contributed by atoms with Crippen LogP contribution in [0.4, 0.5) is 0 Å². The monoisotopic (exact) mass is 404 g/mol. The van der Waals surface area contributed by atoms with Crippen molar-refractivity contribution < 1.29 is 17.9 Å². The van der Waals surface area contributed by atoms with Crippen LogP contribution in [0.15, 0.2) is 22.7 Å². The number of methoxy groups -OCH3 is 1. The van der Waals surface area contributed by atoms with Crippen molar-refractivity contribution in [3.8, 4) is 5.75 Å². The lowest BCUT2D eigenvalue weighted by atomic mass is 10.2. The minimum atomic E-state index is -2.92. The van der Waals surface area contributed by atoms with Crippen molar-refractivity contribution >= 4 is 31.7 Å². The molecule has 2 rings (SSSR count). The summed E-state index contributed by atoms with van der Waals surface area (Å²) in [7, 11) is 0.417. The largest absolute Gasteiger partial charge is 0.496 e. The summed E-state index contributed by atoms with van der Waals surface area (Å²) in [6.07, 6.45) is 0. The Labute approximate surface area is 145 Å². The molecule has 0 spiro atoms. The van der Waals surface area contributed by atoms with Crippen molar-refractivity contribution in [2.75, 3.05) is 45.3 Å². The molecule has 0 saturated carbocycles. The first kappa shape index (κ1) is 18.2. The van der Waals surface area contributed by atoms with Gasteiger partial charge in [-0.1, -0.05) is 15.9 Å². The maximum absolute atomic E-state index is 12.3. The van der Waals surface area contributed by atoms with E-state index in [1.165, 1.54) is 0 Å². The van der Waals surface area contributed by atoms with Crippen LogP contribution in [-0.2, 0) is 21.2 Å². The smallest absolute Gasteiger partial charge is 0.236 e. The van der Waals surface area contributed by atoms with Gasteiger partial charge in [-0.25, -0.2) is 8.42 Å². The maximum Gasteiger partial charge on any atom is 0.236 e. The number of nitrogens with zero attached hydrogens (tertiary/aromatic N) is 2. The summed E-state index contributed by atoms with van der Waals surface area (Å²) in [6, 6.07) is 5.67. The predicted octanol–water partition coefficient (Wildman–Crippen LogP) is 1.15. The zero-order chi connectivity index (χ0) is 17.0. The molecule has 1 aromatic carbocycles. The number of benzene rings is 1. The van der Waals surface area contributed by atoms with Crippen LogP contribution in [0.5, 0.6) is 5.75 Å². The Morgan fingerprint density at radius 3 is 2.61 bits per heavy atom. The van der Waals surface area contributed by atoms with Gasteiger partial charge >= 0.3 is 0 Å². The van der Waals surface area contributed by atoms with Gasteiger partial charge in [-0.15, -0.1) is 0 Å². The quantitative estimate of drug-likeness (QED) is 0.735. The van der Waals surface area contributed by atoms with Crippen LogP contribution >= 0.6 is 15.9 Å². The Kier molecular flexibility index (Phi) is 6.05. The number of ether oxygens (including phenoxy) is 1. The van der Waals surface area contributed by atoms with Crippen LogP contribution in [0.3, 0.4) is 0 Å². The number of halogens is 1. The molecule has 0 aliphatic carbocycles. The third-order valence-corrected chi connectivity index (χ3v) is 5.97. The van der Waals surface area contributed by atoms with Crippen molar-refractivity contribution in [2.24, 2.45) is 0 Å². The number of likely N-dealkylation sites (N-methyl/N-ethyl adjacent to an activating group) is 1. The molecule has 1 aliphatic rings. The Bertz CT molecular complexity index is 664. The van der Waals surface area contributed by atoms with Crippen LogP contribution in [-0.4, -0.2) is 69.4 Å². The minimum Gasteiger partial charge on any atom is -0.496 e. The zero-order valence-electron chi connectivity index (χ0n) is 13.3. The molecule has 6 nitrogen and oxygen atoms in total. The zero-order valence-corrected chi connectivity index (χ0v) is 15.7. The second-order valence-corrected chi connectivity index (χ2v) is 8.85. The van der Waals surface area contributed by atoms with Gasteiger partial charge in [0.05, 0.1) is 25.2 Å². The molecule has 23 heavy (non-hydrogen) atoms. The average Bonchev–Trinajstić information content (AvgIpc) is 2.49. The molecule has 0 atom stereocenters. The topological polar surface area (TPSA) is 66.9 Å². The summed E-state index contributed by atoms with van der Waals surface area (Å²) in [5.74, 6) is 0.954. The SMILES string of the molecule is COc1ccc(Br)cc1CN(C)C(=O)CN1CCS(=O)(=O)CC1. The Morgan fingerprint density at radius 2 is 2.00 bits per heavy atom. The average molecular weight is 405 g/mol. The van der Waals surface area contributed by atoms with Crippen LogP contribution in [0.25, 0.3) is 0 Å². The molecular weight excluding hydrogens is 384 g/mol. The highest BCUT2D eigenvalue weighted by molar-refractivity contribution is 9.10. The summed E-state index contributed by atoms with van der Waals surface area (Å²) in [5.41, 5.74) is 0.916. The first-order valence-electron chi connectivity index (χ1n) is 7.30. The van der Waals surface area contributed by atoms with Crippen molar-refractivity contribution in [2.45, 2.75) is 6.54 Å². The van der Waals surface area contributed by atoms with Gasteiger partial charge in [-0.2, -0.15) is 0 Å². The van der Waals surface area contributed by atoms with E-state index in [1.807, 2.05) is 23.1 Å². The predicted molar refractivity (Wildman–Crippen MR) is 92.3 cm³/mol. The van der Waals surface area contributed by atoms with E-state index in [0.717, 1.165) is 15.8 Å². The van der Waals surface area contributed by atoms with E-state index in [9.17, 15) is 13.2 Å². The Hall–Kier alpha value is -1.12. The fourth-order valence-corrected chi connectivity index (χ4v) is 4.12. The van der Waals surface area contributed by atoms with Gasteiger partial charge in [0.15, 0.2) is 9.84 Å². The number of sulfone groups is 1. The number of amides is 1. The molecule has 1 heterocycles. The van der Waals surface area contributed by atoms with Gasteiger partial charge in [0.25, 0.3) is 0 Å². The first-order chi connectivity index (χ1) is 10.8. The molecule has 8 heteroatoms. The van der Waals surface area contributed by atoms with E-state index in [2.05, 4.69) is 15.9 Å². The lowest BCUT2D eigenvalue weighted by Crippen LogP contribution is -2.45. The van der Waals surface area contributed by atoms with Gasteiger partial charge < -0.3 is 9.64 Å². The highest BCUT2D eigenvalue weighted by Gasteiger charge is 2.24. The molecule has 1 aliphatic heterocycles. The standard InChI is InChI=1S/C15H21BrN2O4S/c1-17(10-12-9-13(16)3-4-14(12)22-2)15(19)11-18-5-7-23(20,21)8-6-18/h3-4,9H,5-8,10-11H2,1-2H3. The molecule has 1 amide bonds. The fourth-order valence-electron chi connectivity index (χ4n) is 2.43. The Morgan fingerprint density at radius 1 is 1.35 bits per heavy atom. The minimum absolute atomic E-state index is 0.0358. The number of hydrogen-bond donors (Lipinski definition) is 0. The van der Waals surface area contributed by atoms with Crippen LogP contribution in [0.1, 0.15) is 5.56 Å². The van der Waals surface area contributed by atoms with Crippen molar-refractivity contribution in [3.63, 3.8) is 0 Å². The molecule has 1 saturated heterocycles. The first-order valence-corrected chi connectivity index (χ1v) is 9.91. The second kappa shape index (κ2) is 7.63. The lowest BCUT2D eigenvalue weighted by Gasteiger charge is -2.28. The highest BCUT2D eigenvalue weighted by atomic mass is 79.9. The number of hydrogen-bond acceptors (Lipinski definition) is 5. The summed E-state index contributed by atoms with van der Waals surface area (Å²) in [6.45, 7) is 1.51. The molecular formula is C15H21BrN2O4S. The van der Waals surface area contributed by atoms with E-state index in [0.29, 0.717) is 19.6 Å². The van der Waals surface area contributed by atoms with Crippen LogP contribution in [0.2, 0.25) is 0 Å². The summed E-state index contributed by atoms with van der Waals surface area (Å²) in [5, 5.41) is 0. The van der Waals surface area contributed by atoms with Gasteiger partial charge in [0.1, 0.15) is 5.75 Å². The molecule has 0 unspecified atom stereocenters. The van der Waals surface area contributed by atoms with Crippen molar-refractivity contribution in [3.05, 3.63) is 28.2 Å².